The molecule has 0 radical (unpaired) electrons. The number of hydrogen-bond acceptors (Lipinski definition) is 3. The molecule has 1 atom stereocenters. The average molecular weight is 463 g/mol. The summed E-state index contributed by atoms with van der Waals surface area (Å²) in [4.78, 5) is 24.9. The van der Waals surface area contributed by atoms with E-state index in [4.69, 9.17) is 0 Å². The zero-order valence-corrected chi connectivity index (χ0v) is 20.0. The minimum atomic E-state index is -0.955. The molecule has 3 N–H and O–H groups in total. The van der Waals surface area contributed by atoms with Crippen LogP contribution in [0.1, 0.15) is 66.9 Å². The molecule has 0 saturated carbocycles. The summed E-state index contributed by atoms with van der Waals surface area (Å²) >= 11 is 0. The van der Waals surface area contributed by atoms with Gasteiger partial charge < -0.3 is 20.1 Å². The van der Waals surface area contributed by atoms with Crippen molar-refractivity contribution in [3.63, 3.8) is 0 Å². The lowest BCUT2D eigenvalue weighted by Gasteiger charge is -2.19. The zero-order chi connectivity index (χ0) is 24.2. The Morgan fingerprint density at radius 2 is 1.85 bits per heavy atom. The molecule has 1 aliphatic rings. The molecule has 1 amide bonds. The monoisotopic (exact) mass is 462 g/mol. The first-order valence-electron chi connectivity index (χ1n) is 12.4. The number of rotatable bonds is 9. The van der Waals surface area contributed by atoms with Crippen molar-refractivity contribution in [1.29, 1.82) is 0 Å². The standard InChI is InChI=1S/C28H34N2O4/c1-3-7-18(8-4-2)25-23-12-11-20(28(33)34)16-24(23)30-17-21(27(32)29-13-14-31)15-19-9-5-6-10-22(19)26(25)30/h5-6,9-12,16,18,21,31H,3-4,7-8,13-15,17H2,1-2H3,(H,29,32)(H,33,34). The number of carbonyl (C=O) groups is 2. The minimum absolute atomic E-state index is 0.0897. The van der Waals surface area contributed by atoms with Gasteiger partial charge in [0.1, 0.15) is 0 Å². The van der Waals surface area contributed by atoms with Crippen LogP contribution in [0.25, 0.3) is 22.2 Å². The van der Waals surface area contributed by atoms with E-state index in [1.54, 1.807) is 12.1 Å². The van der Waals surface area contributed by atoms with Crippen molar-refractivity contribution < 1.29 is 19.8 Å². The molecule has 0 bridgehead atoms. The van der Waals surface area contributed by atoms with Gasteiger partial charge in [-0.3, -0.25) is 4.79 Å². The number of carboxylic acids is 1. The van der Waals surface area contributed by atoms with Gasteiger partial charge in [0.2, 0.25) is 5.91 Å². The van der Waals surface area contributed by atoms with Gasteiger partial charge in [-0.1, -0.05) is 57.0 Å². The average Bonchev–Trinajstić information content (AvgIpc) is 3.04. The second-order valence-electron chi connectivity index (χ2n) is 9.26. The first kappa shape index (κ1) is 24.0. The van der Waals surface area contributed by atoms with E-state index in [-0.39, 0.29) is 30.5 Å². The Morgan fingerprint density at radius 3 is 2.53 bits per heavy atom. The molecular formula is C28H34N2O4. The Morgan fingerprint density at radius 1 is 1.12 bits per heavy atom. The van der Waals surface area contributed by atoms with E-state index in [0.717, 1.165) is 53.4 Å². The van der Waals surface area contributed by atoms with Gasteiger partial charge in [0.05, 0.1) is 23.8 Å². The summed E-state index contributed by atoms with van der Waals surface area (Å²) in [5, 5.41) is 22.8. The molecule has 1 aliphatic heterocycles. The van der Waals surface area contributed by atoms with Crippen molar-refractivity contribution >= 4 is 22.8 Å². The van der Waals surface area contributed by atoms with Gasteiger partial charge in [-0.2, -0.15) is 0 Å². The van der Waals surface area contributed by atoms with Crippen molar-refractivity contribution in [1.82, 2.24) is 9.88 Å². The smallest absolute Gasteiger partial charge is 0.335 e. The lowest BCUT2D eigenvalue weighted by atomic mass is 9.85. The summed E-state index contributed by atoms with van der Waals surface area (Å²) in [6, 6.07) is 13.7. The van der Waals surface area contributed by atoms with E-state index < -0.39 is 5.97 Å². The van der Waals surface area contributed by atoms with Gasteiger partial charge >= 0.3 is 5.97 Å². The molecular weight excluding hydrogens is 428 g/mol. The van der Waals surface area contributed by atoms with Crippen LogP contribution in [-0.2, 0) is 17.8 Å². The Hall–Kier alpha value is -3.12. The number of nitrogens with zero attached hydrogens (tertiary/aromatic N) is 1. The number of carbonyl (C=O) groups excluding carboxylic acids is 1. The Balaban J connectivity index is 2.01. The van der Waals surface area contributed by atoms with Crippen LogP contribution in [0.5, 0.6) is 0 Å². The normalized spacial score (nSPS) is 15.1. The van der Waals surface area contributed by atoms with Crippen LogP contribution in [0.3, 0.4) is 0 Å². The number of aliphatic hydroxyl groups excluding tert-OH is 1. The number of amides is 1. The van der Waals surface area contributed by atoms with Crippen LogP contribution in [-0.4, -0.2) is 39.8 Å². The number of benzene rings is 2. The molecule has 6 heteroatoms. The van der Waals surface area contributed by atoms with Crippen molar-refractivity contribution in [3.8, 4) is 11.3 Å². The van der Waals surface area contributed by atoms with Crippen LogP contribution in [0.2, 0.25) is 0 Å². The van der Waals surface area contributed by atoms with Crippen LogP contribution in [0.4, 0.5) is 0 Å². The number of aromatic carboxylic acids is 1. The number of aromatic nitrogens is 1. The maximum Gasteiger partial charge on any atom is 0.335 e. The van der Waals surface area contributed by atoms with E-state index >= 15 is 0 Å². The van der Waals surface area contributed by atoms with Gasteiger partial charge in [0.25, 0.3) is 0 Å². The Kier molecular flexibility index (Phi) is 7.37. The first-order valence-corrected chi connectivity index (χ1v) is 12.4. The molecule has 34 heavy (non-hydrogen) atoms. The molecule has 0 saturated heterocycles. The molecule has 1 aromatic heterocycles. The molecule has 6 nitrogen and oxygen atoms in total. The van der Waals surface area contributed by atoms with Gasteiger partial charge in [0.15, 0.2) is 0 Å². The number of nitrogens with one attached hydrogen (secondary N) is 1. The van der Waals surface area contributed by atoms with Gasteiger partial charge in [0, 0.05) is 29.6 Å². The van der Waals surface area contributed by atoms with Crippen molar-refractivity contribution in [2.45, 2.75) is 58.4 Å². The second-order valence-corrected chi connectivity index (χ2v) is 9.26. The van der Waals surface area contributed by atoms with Crippen molar-refractivity contribution in [3.05, 3.63) is 59.2 Å². The summed E-state index contributed by atoms with van der Waals surface area (Å²) in [6.45, 7) is 5.00. The molecule has 1 unspecified atom stereocenters. The number of hydrogen-bond donors (Lipinski definition) is 3. The SMILES string of the molecule is CCCC(CCC)c1c2n(c3cc(C(=O)O)ccc13)CC(C(=O)NCCO)Cc1ccccc1-2. The third-order valence-electron chi connectivity index (χ3n) is 6.96. The number of carboxylic acid groups (broad SMARTS) is 1. The fraction of sp³-hybridized carbons (Fsp3) is 0.429. The predicted molar refractivity (Wildman–Crippen MR) is 134 cm³/mol. The highest BCUT2D eigenvalue weighted by atomic mass is 16.4. The summed E-state index contributed by atoms with van der Waals surface area (Å²) < 4.78 is 2.18. The molecule has 2 aromatic carbocycles. The van der Waals surface area contributed by atoms with Crippen molar-refractivity contribution in [2.75, 3.05) is 13.2 Å². The van der Waals surface area contributed by atoms with Crippen LogP contribution >= 0.6 is 0 Å². The summed E-state index contributed by atoms with van der Waals surface area (Å²) in [6.07, 6.45) is 4.85. The highest BCUT2D eigenvalue weighted by Gasteiger charge is 2.32. The number of fused-ring (bicyclic) bond motifs is 5. The lowest BCUT2D eigenvalue weighted by Crippen LogP contribution is -2.35. The van der Waals surface area contributed by atoms with Gasteiger partial charge in [-0.05, 0) is 48.4 Å². The summed E-state index contributed by atoms with van der Waals surface area (Å²) in [5.74, 6) is -1.00. The second kappa shape index (κ2) is 10.4. The molecule has 4 rings (SSSR count). The van der Waals surface area contributed by atoms with Crippen LogP contribution in [0.15, 0.2) is 42.5 Å². The van der Waals surface area contributed by atoms with Gasteiger partial charge in [-0.15, -0.1) is 0 Å². The topological polar surface area (TPSA) is 91.6 Å². The predicted octanol–water partition coefficient (Wildman–Crippen LogP) is 4.97. The molecule has 0 fully saturated rings. The summed E-state index contributed by atoms with van der Waals surface area (Å²) in [5.41, 5.74) is 5.77. The highest BCUT2D eigenvalue weighted by Crippen LogP contribution is 2.45. The minimum Gasteiger partial charge on any atom is -0.478 e. The van der Waals surface area contributed by atoms with Crippen molar-refractivity contribution in [2.24, 2.45) is 5.92 Å². The quantitative estimate of drug-likeness (QED) is 0.419. The van der Waals surface area contributed by atoms with Gasteiger partial charge in [-0.25, -0.2) is 4.79 Å². The van der Waals surface area contributed by atoms with E-state index in [9.17, 15) is 19.8 Å². The van der Waals surface area contributed by atoms with E-state index in [0.29, 0.717) is 18.9 Å². The third kappa shape index (κ3) is 4.47. The van der Waals surface area contributed by atoms with E-state index in [1.165, 1.54) is 5.56 Å². The largest absolute Gasteiger partial charge is 0.478 e. The fourth-order valence-corrected chi connectivity index (χ4v) is 5.51. The molecule has 180 valence electrons. The maximum atomic E-state index is 13.1. The molecule has 3 aromatic rings. The zero-order valence-electron chi connectivity index (χ0n) is 20.0. The molecule has 0 spiro atoms. The van der Waals surface area contributed by atoms with E-state index in [2.05, 4.69) is 35.9 Å². The van der Waals surface area contributed by atoms with E-state index in [1.807, 2.05) is 18.2 Å². The Labute approximate surface area is 200 Å². The third-order valence-corrected chi connectivity index (χ3v) is 6.96. The summed E-state index contributed by atoms with van der Waals surface area (Å²) in [7, 11) is 0. The first-order chi connectivity index (χ1) is 16.5. The van der Waals surface area contributed by atoms with Crippen LogP contribution < -0.4 is 5.32 Å². The van der Waals surface area contributed by atoms with Crippen LogP contribution in [0, 0.1) is 5.92 Å². The lowest BCUT2D eigenvalue weighted by molar-refractivity contribution is -0.125. The fourth-order valence-electron chi connectivity index (χ4n) is 5.51. The number of aliphatic hydroxyl groups is 1. The maximum absolute atomic E-state index is 13.1. The molecule has 0 aliphatic carbocycles. The highest BCUT2D eigenvalue weighted by molar-refractivity contribution is 5.99. The molecule has 2 heterocycles. The Bertz CT molecular complexity index is 1190.